The molecular weight excluding hydrogens is 298 g/mol. The van der Waals surface area contributed by atoms with Crippen molar-refractivity contribution in [2.45, 2.75) is 58.5 Å². The molecule has 3 amide bonds. The maximum atomic E-state index is 12.8. The minimum absolute atomic E-state index is 0.0177. The minimum atomic E-state index is -0.891. The van der Waals surface area contributed by atoms with E-state index in [1.165, 1.54) is 0 Å². The molecule has 0 bridgehead atoms. The summed E-state index contributed by atoms with van der Waals surface area (Å²) in [5.74, 6) is -0.982. The molecule has 2 aliphatic rings. The van der Waals surface area contributed by atoms with Crippen molar-refractivity contribution in [3.63, 3.8) is 0 Å². The number of urea groups is 1. The Kier molecular flexibility index (Phi) is 5.16. The zero-order valence-corrected chi connectivity index (χ0v) is 14.2. The Labute approximate surface area is 137 Å². The summed E-state index contributed by atoms with van der Waals surface area (Å²) in [6.07, 6.45) is 2.70. The van der Waals surface area contributed by atoms with Crippen molar-refractivity contribution in [2.24, 2.45) is 5.41 Å². The number of piperidine rings is 1. The minimum Gasteiger partial charge on any atom is -0.481 e. The average Bonchev–Trinajstić information content (AvgIpc) is 2.95. The number of carbonyl (C=O) groups excluding carboxylic acids is 2. The molecule has 2 aliphatic heterocycles. The third kappa shape index (κ3) is 3.76. The van der Waals surface area contributed by atoms with Crippen LogP contribution in [0, 0.1) is 5.41 Å². The van der Waals surface area contributed by atoms with Gasteiger partial charge in [0, 0.05) is 25.7 Å². The molecule has 0 radical (unpaired) electrons. The van der Waals surface area contributed by atoms with Gasteiger partial charge in [-0.3, -0.25) is 9.59 Å². The van der Waals surface area contributed by atoms with Crippen molar-refractivity contribution < 1.29 is 19.5 Å². The summed E-state index contributed by atoms with van der Waals surface area (Å²) in [5, 5.41) is 12.2. The highest BCUT2D eigenvalue weighted by Gasteiger charge is 2.43. The second-order valence-electron chi connectivity index (χ2n) is 7.18. The Morgan fingerprint density at radius 3 is 2.52 bits per heavy atom. The Balaban J connectivity index is 2.06. The zero-order valence-electron chi connectivity index (χ0n) is 14.2. The molecule has 2 rings (SSSR count). The van der Waals surface area contributed by atoms with Crippen LogP contribution >= 0.6 is 0 Å². The van der Waals surface area contributed by atoms with Gasteiger partial charge in [-0.25, -0.2) is 4.79 Å². The van der Waals surface area contributed by atoms with Crippen molar-refractivity contribution in [1.82, 2.24) is 15.1 Å². The van der Waals surface area contributed by atoms with E-state index in [0.717, 1.165) is 6.42 Å². The first kappa shape index (κ1) is 17.6. The van der Waals surface area contributed by atoms with E-state index in [0.29, 0.717) is 32.4 Å². The maximum Gasteiger partial charge on any atom is 0.318 e. The van der Waals surface area contributed by atoms with Gasteiger partial charge in [0.2, 0.25) is 5.91 Å². The summed E-state index contributed by atoms with van der Waals surface area (Å²) >= 11 is 0. The summed E-state index contributed by atoms with van der Waals surface area (Å²) in [7, 11) is 0. The van der Waals surface area contributed by atoms with E-state index < -0.39 is 17.4 Å². The normalized spacial score (nSPS) is 28.1. The summed E-state index contributed by atoms with van der Waals surface area (Å²) in [6, 6.07) is -0.664. The van der Waals surface area contributed by atoms with Crippen molar-refractivity contribution in [1.29, 1.82) is 0 Å². The first-order valence-electron chi connectivity index (χ1n) is 8.34. The van der Waals surface area contributed by atoms with E-state index in [4.69, 9.17) is 0 Å². The van der Waals surface area contributed by atoms with E-state index in [2.05, 4.69) is 5.32 Å². The molecule has 0 spiro atoms. The Hall–Kier alpha value is -1.79. The third-order valence-electron chi connectivity index (χ3n) is 4.74. The lowest BCUT2D eigenvalue weighted by Crippen LogP contribution is -2.55. The van der Waals surface area contributed by atoms with Gasteiger partial charge in [-0.05, 0) is 46.5 Å². The van der Waals surface area contributed by atoms with Gasteiger partial charge in [0.25, 0.3) is 0 Å². The fraction of sp³-hybridized carbons (Fsp3) is 0.812. The highest BCUT2D eigenvalue weighted by molar-refractivity contribution is 5.88. The standard InChI is InChI=1S/C16H27N3O4/c1-11(2)17-15(23)19-9-4-6-12(19)13(20)18-8-5-7-16(3,10-18)14(21)22/h11-12H,4-10H2,1-3H3,(H,17,23)(H,21,22)/t12-,16?/m0/s1. The van der Waals surface area contributed by atoms with Crippen LogP contribution in [0.1, 0.15) is 46.5 Å². The third-order valence-corrected chi connectivity index (χ3v) is 4.74. The Morgan fingerprint density at radius 2 is 1.91 bits per heavy atom. The number of rotatable bonds is 3. The number of nitrogens with one attached hydrogen (secondary N) is 1. The van der Waals surface area contributed by atoms with Gasteiger partial charge in [-0.2, -0.15) is 0 Å². The van der Waals surface area contributed by atoms with Crippen LogP contribution in [-0.2, 0) is 9.59 Å². The summed E-state index contributed by atoms with van der Waals surface area (Å²) in [6.45, 7) is 6.81. The predicted octanol–water partition coefficient (Wildman–Crippen LogP) is 1.28. The molecule has 130 valence electrons. The van der Waals surface area contributed by atoms with Crippen LogP contribution in [0.15, 0.2) is 0 Å². The second-order valence-corrected chi connectivity index (χ2v) is 7.18. The topological polar surface area (TPSA) is 90.0 Å². The number of amides is 3. The van der Waals surface area contributed by atoms with Crippen LogP contribution in [0.3, 0.4) is 0 Å². The lowest BCUT2D eigenvalue weighted by atomic mass is 9.82. The number of carboxylic acid groups (broad SMARTS) is 1. The molecule has 1 unspecified atom stereocenters. The first-order valence-corrected chi connectivity index (χ1v) is 8.34. The van der Waals surface area contributed by atoms with E-state index in [1.54, 1.807) is 16.7 Å². The number of carbonyl (C=O) groups is 3. The number of likely N-dealkylation sites (tertiary alicyclic amines) is 2. The maximum absolute atomic E-state index is 12.8. The molecule has 0 aromatic rings. The van der Waals surface area contributed by atoms with E-state index in [-0.39, 0.29) is 24.5 Å². The molecule has 23 heavy (non-hydrogen) atoms. The summed E-state index contributed by atoms with van der Waals surface area (Å²) in [4.78, 5) is 39.7. The molecule has 2 heterocycles. The molecule has 2 atom stereocenters. The highest BCUT2D eigenvalue weighted by Crippen LogP contribution is 2.31. The van der Waals surface area contributed by atoms with E-state index >= 15 is 0 Å². The van der Waals surface area contributed by atoms with Crippen LogP contribution in [-0.4, -0.2) is 64.5 Å². The number of aliphatic carboxylic acids is 1. The first-order chi connectivity index (χ1) is 10.7. The highest BCUT2D eigenvalue weighted by atomic mass is 16.4. The van der Waals surface area contributed by atoms with Crippen molar-refractivity contribution in [2.75, 3.05) is 19.6 Å². The second kappa shape index (κ2) is 6.76. The van der Waals surface area contributed by atoms with Crippen molar-refractivity contribution in [3.05, 3.63) is 0 Å². The largest absolute Gasteiger partial charge is 0.481 e. The fourth-order valence-corrected chi connectivity index (χ4v) is 3.41. The molecule has 2 N–H and O–H groups in total. The van der Waals surface area contributed by atoms with E-state index in [1.807, 2.05) is 13.8 Å². The van der Waals surface area contributed by atoms with Crippen molar-refractivity contribution in [3.8, 4) is 0 Å². The van der Waals surface area contributed by atoms with E-state index in [9.17, 15) is 19.5 Å². The molecule has 2 saturated heterocycles. The SMILES string of the molecule is CC(C)NC(=O)N1CCC[C@H]1C(=O)N1CCCC(C)(C(=O)O)C1. The van der Waals surface area contributed by atoms with Crippen LogP contribution in [0.4, 0.5) is 4.79 Å². The van der Waals surface area contributed by atoms with Gasteiger partial charge in [0.1, 0.15) is 6.04 Å². The van der Waals surface area contributed by atoms with Gasteiger partial charge < -0.3 is 20.2 Å². The number of nitrogens with zero attached hydrogens (tertiary/aromatic N) is 2. The number of hydrogen-bond donors (Lipinski definition) is 2. The van der Waals surface area contributed by atoms with Gasteiger partial charge >= 0.3 is 12.0 Å². The molecule has 0 saturated carbocycles. The molecule has 7 nitrogen and oxygen atoms in total. The van der Waals surface area contributed by atoms with Crippen LogP contribution in [0.2, 0.25) is 0 Å². The predicted molar refractivity (Wildman–Crippen MR) is 85.0 cm³/mol. The molecular formula is C16H27N3O4. The molecule has 2 fully saturated rings. The molecule has 0 aromatic carbocycles. The van der Waals surface area contributed by atoms with Gasteiger partial charge in [-0.1, -0.05) is 0 Å². The zero-order chi connectivity index (χ0) is 17.2. The lowest BCUT2D eigenvalue weighted by molar-refractivity contribution is -0.154. The van der Waals surface area contributed by atoms with Crippen LogP contribution in [0.5, 0.6) is 0 Å². The average molecular weight is 325 g/mol. The molecule has 7 heteroatoms. The summed E-state index contributed by atoms with van der Waals surface area (Å²) in [5.41, 5.74) is -0.891. The van der Waals surface area contributed by atoms with Crippen molar-refractivity contribution >= 4 is 17.9 Å². The quantitative estimate of drug-likeness (QED) is 0.818. The van der Waals surface area contributed by atoms with Gasteiger partial charge in [-0.15, -0.1) is 0 Å². The lowest BCUT2D eigenvalue weighted by Gasteiger charge is -2.39. The Bertz CT molecular complexity index is 494. The monoisotopic (exact) mass is 325 g/mol. The summed E-state index contributed by atoms with van der Waals surface area (Å²) < 4.78 is 0. The molecule has 0 aromatic heterocycles. The van der Waals surface area contributed by atoms with Crippen LogP contribution in [0.25, 0.3) is 0 Å². The molecule has 0 aliphatic carbocycles. The smallest absolute Gasteiger partial charge is 0.318 e. The fourth-order valence-electron chi connectivity index (χ4n) is 3.41. The van der Waals surface area contributed by atoms with Gasteiger partial charge in [0.05, 0.1) is 5.41 Å². The van der Waals surface area contributed by atoms with Crippen LogP contribution < -0.4 is 5.32 Å². The number of carboxylic acids is 1. The Morgan fingerprint density at radius 1 is 1.22 bits per heavy atom. The van der Waals surface area contributed by atoms with Gasteiger partial charge in [0.15, 0.2) is 0 Å². The number of hydrogen-bond acceptors (Lipinski definition) is 3.